The molecule has 1 N–H and O–H groups in total. The second-order valence-electron chi connectivity index (χ2n) is 7.55. The van der Waals surface area contributed by atoms with Crippen molar-refractivity contribution in [2.75, 3.05) is 10.8 Å². The standard InChI is InChI=1S/C24H24N2O4S/c1-18-8-7-11-20(14-18)15-25-24(27)23-16-26(21-12-5-6-13-22(21)30-23)31(28,29)17-19-9-3-2-4-10-19/h2-14,23H,15-17H2,1H3,(H,25,27)/t23-/m1/s1. The van der Waals surface area contributed by atoms with Gasteiger partial charge in [-0.05, 0) is 30.2 Å². The molecule has 31 heavy (non-hydrogen) atoms. The summed E-state index contributed by atoms with van der Waals surface area (Å²) in [6.07, 6.45) is -0.940. The van der Waals surface area contributed by atoms with Gasteiger partial charge in [0.2, 0.25) is 10.0 Å². The van der Waals surface area contributed by atoms with Crippen LogP contribution in [0.2, 0.25) is 0 Å². The summed E-state index contributed by atoms with van der Waals surface area (Å²) in [5.74, 6) is -0.128. The van der Waals surface area contributed by atoms with Crippen LogP contribution in [-0.2, 0) is 27.1 Å². The second-order valence-corrected chi connectivity index (χ2v) is 9.45. The van der Waals surface area contributed by atoms with Crippen LogP contribution in [0.3, 0.4) is 0 Å². The summed E-state index contributed by atoms with van der Waals surface area (Å²) in [4.78, 5) is 12.8. The highest BCUT2D eigenvalue weighted by molar-refractivity contribution is 7.92. The zero-order chi connectivity index (χ0) is 21.8. The normalized spacial score (nSPS) is 15.6. The van der Waals surface area contributed by atoms with E-state index < -0.39 is 16.1 Å². The van der Waals surface area contributed by atoms with Gasteiger partial charge in [0.15, 0.2) is 6.10 Å². The molecule has 0 aliphatic carbocycles. The van der Waals surface area contributed by atoms with Crippen LogP contribution in [0, 0.1) is 6.92 Å². The third-order valence-electron chi connectivity index (χ3n) is 5.10. The van der Waals surface area contributed by atoms with Gasteiger partial charge in [-0.1, -0.05) is 72.3 Å². The number of ether oxygens (including phenoxy) is 1. The van der Waals surface area contributed by atoms with Crippen molar-refractivity contribution < 1.29 is 17.9 Å². The lowest BCUT2D eigenvalue weighted by molar-refractivity contribution is -0.127. The van der Waals surface area contributed by atoms with E-state index in [2.05, 4.69) is 5.32 Å². The predicted octanol–water partition coefficient (Wildman–Crippen LogP) is 3.41. The SMILES string of the molecule is Cc1cccc(CNC(=O)[C@H]2CN(S(=O)(=O)Cc3ccccc3)c3ccccc3O2)c1. The zero-order valence-corrected chi connectivity index (χ0v) is 18.0. The third kappa shape index (κ3) is 4.88. The van der Waals surface area contributed by atoms with Crippen LogP contribution >= 0.6 is 0 Å². The Kier molecular flexibility index (Phi) is 5.95. The fourth-order valence-corrected chi connectivity index (χ4v) is 5.17. The molecule has 7 heteroatoms. The first kappa shape index (κ1) is 20.9. The number of aryl methyl sites for hydroxylation is 1. The van der Waals surface area contributed by atoms with Gasteiger partial charge in [-0.15, -0.1) is 0 Å². The number of para-hydroxylation sites is 2. The molecule has 0 saturated heterocycles. The fourth-order valence-electron chi connectivity index (χ4n) is 3.59. The van der Waals surface area contributed by atoms with E-state index in [1.807, 2.05) is 37.3 Å². The Labute approximate surface area is 182 Å². The van der Waals surface area contributed by atoms with Crippen molar-refractivity contribution >= 4 is 21.6 Å². The molecule has 0 aromatic heterocycles. The van der Waals surface area contributed by atoms with Crippen molar-refractivity contribution in [1.82, 2.24) is 5.32 Å². The predicted molar refractivity (Wildman–Crippen MR) is 120 cm³/mol. The van der Waals surface area contributed by atoms with Crippen LogP contribution in [0.4, 0.5) is 5.69 Å². The fraction of sp³-hybridized carbons (Fsp3) is 0.208. The van der Waals surface area contributed by atoms with Gasteiger partial charge in [0, 0.05) is 6.54 Å². The molecule has 0 unspecified atom stereocenters. The molecule has 3 aromatic rings. The van der Waals surface area contributed by atoms with E-state index in [0.29, 0.717) is 23.5 Å². The molecule has 4 rings (SSSR count). The zero-order valence-electron chi connectivity index (χ0n) is 17.2. The van der Waals surface area contributed by atoms with Crippen molar-refractivity contribution in [3.05, 3.63) is 95.6 Å². The minimum absolute atomic E-state index is 0.0775. The quantitative estimate of drug-likeness (QED) is 0.643. The molecule has 0 saturated carbocycles. The van der Waals surface area contributed by atoms with Crippen molar-refractivity contribution in [1.29, 1.82) is 0 Å². The molecule has 0 fully saturated rings. The monoisotopic (exact) mass is 436 g/mol. The lowest BCUT2D eigenvalue weighted by Gasteiger charge is -2.34. The highest BCUT2D eigenvalue weighted by atomic mass is 32.2. The van der Waals surface area contributed by atoms with E-state index in [9.17, 15) is 13.2 Å². The largest absolute Gasteiger partial charge is 0.476 e. The number of anilines is 1. The van der Waals surface area contributed by atoms with Crippen LogP contribution in [0.5, 0.6) is 5.75 Å². The Balaban J connectivity index is 1.54. The molecule has 0 spiro atoms. The number of nitrogens with zero attached hydrogens (tertiary/aromatic N) is 1. The van der Waals surface area contributed by atoms with Crippen molar-refractivity contribution in [3.8, 4) is 5.75 Å². The lowest BCUT2D eigenvalue weighted by Crippen LogP contribution is -2.50. The number of carbonyl (C=O) groups is 1. The number of rotatable bonds is 6. The molecule has 1 atom stereocenters. The number of fused-ring (bicyclic) bond motifs is 1. The van der Waals surface area contributed by atoms with Crippen molar-refractivity contribution in [2.45, 2.75) is 25.3 Å². The Morgan fingerprint density at radius 1 is 1.00 bits per heavy atom. The molecule has 160 valence electrons. The molecule has 6 nitrogen and oxygen atoms in total. The van der Waals surface area contributed by atoms with Gasteiger partial charge in [0.05, 0.1) is 18.0 Å². The molecular formula is C24H24N2O4S. The topological polar surface area (TPSA) is 75.7 Å². The number of sulfonamides is 1. The Morgan fingerprint density at radius 2 is 1.71 bits per heavy atom. The van der Waals surface area contributed by atoms with Crippen LogP contribution in [-0.4, -0.2) is 27.0 Å². The maximum Gasteiger partial charge on any atom is 0.263 e. The van der Waals surface area contributed by atoms with Gasteiger partial charge >= 0.3 is 0 Å². The lowest BCUT2D eigenvalue weighted by atomic mass is 10.1. The summed E-state index contributed by atoms with van der Waals surface area (Å²) >= 11 is 0. The number of carbonyl (C=O) groups excluding carboxylic acids is 1. The van der Waals surface area contributed by atoms with Gasteiger partial charge < -0.3 is 10.1 Å². The smallest absolute Gasteiger partial charge is 0.263 e. The third-order valence-corrected chi connectivity index (χ3v) is 6.82. The van der Waals surface area contributed by atoms with Crippen LogP contribution in [0.1, 0.15) is 16.7 Å². The van der Waals surface area contributed by atoms with Gasteiger partial charge in [-0.3, -0.25) is 9.10 Å². The van der Waals surface area contributed by atoms with Crippen molar-refractivity contribution in [3.63, 3.8) is 0 Å². The Bertz CT molecular complexity index is 1180. The summed E-state index contributed by atoms with van der Waals surface area (Å²) < 4.78 is 33.6. The summed E-state index contributed by atoms with van der Waals surface area (Å²) in [6, 6.07) is 23.7. The average Bonchev–Trinajstić information content (AvgIpc) is 2.77. The maximum atomic E-state index is 13.2. The van der Waals surface area contributed by atoms with E-state index in [4.69, 9.17) is 4.74 Å². The minimum Gasteiger partial charge on any atom is -0.476 e. The number of amides is 1. The van der Waals surface area contributed by atoms with Crippen LogP contribution in [0.25, 0.3) is 0 Å². The first-order chi connectivity index (χ1) is 14.9. The molecule has 0 bridgehead atoms. The van der Waals surface area contributed by atoms with E-state index in [1.54, 1.807) is 48.5 Å². The number of hydrogen-bond acceptors (Lipinski definition) is 4. The molecule has 1 aliphatic rings. The molecular weight excluding hydrogens is 412 g/mol. The number of nitrogens with one attached hydrogen (secondary N) is 1. The summed E-state index contributed by atoms with van der Waals surface area (Å²) in [5, 5.41) is 2.86. The van der Waals surface area contributed by atoms with Gasteiger partial charge in [0.1, 0.15) is 5.75 Å². The summed E-state index contributed by atoms with van der Waals surface area (Å²) in [5.41, 5.74) is 3.21. The van der Waals surface area contributed by atoms with Gasteiger partial charge in [-0.25, -0.2) is 8.42 Å². The highest BCUT2D eigenvalue weighted by Gasteiger charge is 2.36. The Morgan fingerprint density at radius 3 is 2.48 bits per heavy atom. The molecule has 1 aliphatic heterocycles. The van der Waals surface area contributed by atoms with E-state index >= 15 is 0 Å². The summed E-state index contributed by atoms with van der Waals surface area (Å²) in [6.45, 7) is 2.26. The molecule has 1 amide bonds. The average molecular weight is 437 g/mol. The summed E-state index contributed by atoms with van der Waals surface area (Å²) in [7, 11) is -3.72. The van der Waals surface area contributed by atoms with E-state index in [-0.39, 0.29) is 18.2 Å². The van der Waals surface area contributed by atoms with Crippen molar-refractivity contribution in [2.24, 2.45) is 0 Å². The molecule has 1 heterocycles. The van der Waals surface area contributed by atoms with Gasteiger partial charge in [-0.2, -0.15) is 0 Å². The van der Waals surface area contributed by atoms with E-state index in [0.717, 1.165) is 11.1 Å². The van der Waals surface area contributed by atoms with E-state index in [1.165, 1.54) is 4.31 Å². The number of hydrogen-bond donors (Lipinski definition) is 1. The molecule has 3 aromatic carbocycles. The van der Waals surface area contributed by atoms with Crippen LogP contribution < -0.4 is 14.4 Å². The highest BCUT2D eigenvalue weighted by Crippen LogP contribution is 2.35. The van der Waals surface area contributed by atoms with Gasteiger partial charge in [0.25, 0.3) is 5.91 Å². The molecule has 0 radical (unpaired) electrons. The first-order valence-corrected chi connectivity index (χ1v) is 11.7. The Hall–Kier alpha value is -3.32. The first-order valence-electron chi connectivity index (χ1n) is 10.1. The minimum atomic E-state index is -3.72. The maximum absolute atomic E-state index is 13.2. The number of benzene rings is 3. The second kappa shape index (κ2) is 8.81. The van der Waals surface area contributed by atoms with Crippen LogP contribution in [0.15, 0.2) is 78.9 Å².